The molecule has 6 heteroatoms. The van der Waals surface area contributed by atoms with Crippen LogP contribution in [0.15, 0.2) is 29.7 Å². The lowest BCUT2D eigenvalue weighted by Gasteiger charge is -2.09. The van der Waals surface area contributed by atoms with Crippen molar-refractivity contribution >= 4 is 17.5 Å². The molecule has 2 aromatic heterocycles. The van der Waals surface area contributed by atoms with Crippen LogP contribution in [-0.2, 0) is 11.3 Å². The molecule has 2 heterocycles. The van der Waals surface area contributed by atoms with E-state index in [0.717, 1.165) is 36.5 Å². The van der Waals surface area contributed by atoms with Gasteiger partial charge in [0.05, 0.1) is 5.75 Å². The standard InChI is InChI=1S/C16H21N3O2S/c1-12-10-14(13(2)19(12)8-5-9-21-3)15(20)11-22-16-17-6-4-7-18-16/h4,6-7,10H,5,8-9,11H2,1-3H3. The number of ether oxygens (including phenoxy) is 1. The number of hydrogen-bond acceptors (Lipinski definition) is 5. The zero-order valence-electron chi connectivity index (χ0n) is 13.2. The first kappa shape index (κ1) is 16.7. The smallest absolute Gasteiger partial charge is 0.187 e. The third-order valence-electron chi connectivity index (χ3n) is 3.48. The van der Waals surface area contributed by atoms with Gasteiger partial charge in [-0.05, 0) is 32.4 Å². The second-order valence-corrected chi connectivity index (χ2v) is 5.97. The average Bonchev–Trinajstić information content (AvgIpc) is 2.82. The van der Waals surface area contributed by atoms with Gasteiger partial charge in [-0.25, -0.2) is 9.97 Å². The van der Waals surface area contributed by atoms with Crippen molar-refractivity contribution in [3.8, 4) is 0 Å². The number of aromatic nitrogens is 3. The van der Waals surface area contributed by atoms with E-state index in [0.29, 0.717) is 10.9 Å². The summed E-state index contributed by atoms with van der Waals surface area (Å²) >= 11 is 1.37. The highest BCUT2D eigenvalue weighted by Crippen LogP contribution is 2.20. The number of carbonyl (C=O) groups is 1. The lowest BCUT2D eigenvalue weighted by molar-refractivity contribution is 0.102. The molecule has 0 radical (unpaired) electrons. The summed E-state index contributed by atoms with van der Waals surface area (Å²) in [5, 5.41) is 0.629. The minimum atomic E-state index is 0.114. The summed E-state index contributed by atoms with van der Waals surface area (Å²) in [5.41, 5.74) is 2.92. The van der Waals surface area contributed by atoms with E-state index in [9.17, 15) is 4.79 Å². The summed E-state index contributed by atoms with van der Waals surface area (Å²) in [6, 6.07) is 3.73. The molecule has 0 aliphatic heterocycles. The van der Waals surface area contributed by atoms with Crippen molar-refractivity contribution in [1.29, 1.82) is 0 Å². The van der Waals surface area contributed by atoms with E-state index in [2.05, 4.69) is 14.5 Å². The van der Waals surface area contributed by atoms with Crippen molar-refractivity contribution in [3.63, 3.8) is 0 Å². The van der Waals surface area contributed by atoms with Crippen LogP contribution in [-0.4, -0.2) is 39.8 Å². The van der Waals surface area contributed by atoms with Crippen molar-refractivity contribution in [2.24, 2.45) is 0 Å². The van der Waals surface area contributed by atoms with Gasteiger partial charge in [0.1, 0.15) is 0 Å². The summed E-state index contributed by atoms with van der Waals surface area (Å²) in [4.78, 5) is 20.7. The Labute approximate surface area is 135 Å². The first-order chi connectivity index (χ1) is 10.6. The van der Waals surface area contributed by atoms with Gasteiger partial charge < -0.3 is 9.30 Å². The predicted octanol–water partition coefficient (Wildman–Crippen LogP) is 2.91. The number of ketones is 1. The molecular formula is C16H21N3O2S. The third-order valence-corrected chi connectivity index (χ3v) is 4.35. The zero-order valence-corrected chi connectivity index (χ0v) is 14.0. The molecule has 22 heavy (non-hydrogen) atoms. The Balaban J connectivity index is 2.02. The van der Waals surface area contributed by atoms with Crippen molar-refractivity contribution in [3.05, 3.63) is 41.5 Å². The number of carbonyl (C=O) groups excluding carboxylic acids is 1. The number of Topliss-reactive ketones (excluding diaryl/α,β-unsaturated/α-hetero) is 1. The molecule has 0 aromatic carbocycles. The summed E-state index contributed by atoms with van der Waals surface area (Å²) in [6.07, 6.45) is 4.30. The van der Waals surface area contributed by atoms with Gasteiger partial charge in [-0.15, -0.1) is 0 Å². The maximum atomic E-state index is 12.4. The first-order valence-corrected chi connectivity index (χ1v) is 8.20. The van der Waals surface area contributed by atoms with Gasteiger partial charge in [-0.2, -0.15) is 0 Å². The van der Waals surface area contributed by atoms with Gasteiger partial charge in [0, 0.05) is 49.6 Å². The van der Waals surface area contributed by atoms with Gasteiger partial charge >= 0.3 is 0 Å². The van der Waals surface area contributed by atoms with E-state index in [-0.39, 0.29) is 5.78 Å². The maximum absolute atomic E-state index is 12.4. The molecule has 5 nitrogen and oxygen atoms in total. The van der Waals surface area contributed by atoms with Gasteiger partial charge in [0.15, 0.2) is 10.9 Å². The zero-order chi connectivity index (χ0) is 15.9. The summed E-state index contributed by atoms with van der Waals surface area (Å²) in [6.45, 7) is 5.62. The first-order valence-electron chi connectivity index (χ1n) is 7.22. The quantitative estimate of drug-likeness (QED) is 0.324. The summed E-state index contributed by atoms with van der Waals surface area (Å²) in [7, 11) is 1.70. The Morgan fingerprint density at radius 3 is 2.73 bits per heavy atom. The van der Waals surface area contributed by atoms with E-state index in [1.165, 1.54) is 11.8 Å². The molecular weight excluding hydrogens is 298 g/mol. The summed E-state index contributed by atoms with van der Waals surface area (Å²) in [5.74, 6) is 0.468. The molecule has 0 spiro atoms. The van der Waals surface area contributed by atoms with E-state index < -0.39 is 0 Å². The van der Waals surface area contributed by atoms with E-state index in [1.807, 2.05) is 19.9 Å². The van der Waals surface area contributed by atoms with Crippen LogP contribution in [0.25, 0.3) is 0 Å². The highest BCUT2D eigenvalue weighted by molar-refractivity contribution is 7.99. The fourth-order valence-corrected chi connectivity index (χ4v) is 3.05. The molecule has 0 saturated carbocycles. The van der Waals surface area contributed by atoms with Crippen LogP contribution in [0.4, 0.5) is 0 Å². The summed E-state index contributed by atoms with van der Waals surface area (Å²) < 4.78 is 7.26. The molecule has 0 amide bonds. The van der Waals surface area contributed by atoms with Crippen LogP contribution >= 0.6 is 11.8 Å². The fourth-order valence-electron chi connectivity index (χ4n) is 2.36. The van der Waals surface area contributed by atoms with E-state index in [4.69, 9.17) is 4.74 Å². The van der Waals surface area contributed by atoms with Gasteiger partial charge in [-0.1, -0.05) is 11.8 Å². The van der Waals surface area contributed by atoms with Crippen molar-refractivity contribution in [2.45, 2.75) is 32.0 Å². The Hall–Kier alpha value is -1.66. The van der Waals surface area contributed by atoms with Crippen molar-refractivity contribution in [1.82, 2.24) is 14.5 Å². The SMILES string of the molecule is COCCCn1c(C)cc(C(=O)CSc2ncccn2)c1C. The van der Waals surface area contributed by atoms with Crippen LogP contribution in [0.3, 0.4) is 0 Å². The second-order valence-electron chi connectivity index (χ2n) is 5.03. The van der Waals surface area contributed by atoms with Crippen molar-refractivity contribution < 1.29 is 9.53 Å². The highest BCUT2D eigenvalue weighted by atomic mass is 32.2. The molecule has 0 unspecified atom stereocenters. The lowest BCUT2D eigenvalue weighted by atomic mass is 10.2. The lowest BCUT2D eigenvalue weighted by Crippen LogP contribution is -2.08. The number of nitrogens with zero attached hydrogens (tertiary/aromatic N) is 3. The Morgan fingerprint density at radius 2 is 2.05 bits per heavy atom. The monoisotopic (exact) mass is 319 g/mol. The van der Waals surface area contributed by atoms with Crippen LogP contribution in [0.2, 0.25) is 0 Å². The molecule has 0 N–H and O–H groups in total. The Morgan fingerprint density at radius 1 is 1.32 bits per heavy atom. The highest BCUT2D eigenvalue weighted by Gasteiger charge is 2.16. The molecule has 0 fully saturated rings. The minimum Gasteiger partial charge on any atom is -0.385 e. The maximum Gasteiger partial charge on any atom is 0.187 e. The van der Waals surface area contributed by atoms with Gasteiger partial charge in [-0.3, -0.25) is 4.79 Å². The topological polar surface area (TPSA) is 57.0 Å². The molecule has 0 aliphatic carbocycles. The molecule has 2 rings (SSSR count). The molecule has 0 bridgehead atoms. The molecule has 2 aromatic rings. The van der Waals surface area contributed by atoms with Gasteiger partial charge in [0.2, 0.25) is 0 Å². The average molecular weight is 319 g/mol. The number of rotatable bonds is 8. The number of aryl methyl sites for hydroxylation is 1. The molecule has 118 valence electrons. The minimum absolute atomic E-state index is 0.114. The van der Waals surface area contributed by atoms with Crippen molar-refractivity contribution in [2.75, 3.05) is 19.5 Å². The number of thioether (sulfide) groups is 1. The van der Waals surface area contributed by atoms with Crippen LogP contribution in [0, 0.1) is 13.8 Å². The van der Waals surface area contributed by atoms with Crippen LogP contribution < -0.4 is 0 Å². The third kappa shape index (κ3) is 4.18. The molecule has 0 aliphatic rings. The second kappa shape index (κ2) is 8.10. The largest absolute Gasteiger partial charge is 0.385 e. The normalized spacial score (nSPS) is 10.9. The van der Waals surface area contributed by atoms with E-state index >= 15 is 0 Å². The van der Waals surface area contributed by atoms with Gasteiger partial charge in [0.25, 0.3) is 0 Å². The van der Waals surface area contributed by atoms with Crippen LogP contribution in [0.5, 0.6) is 0 Å². The predicted molar refractivity (Wildman–Crippen MR) is 87.5 cm³/mol. The fraction of sp³-hybridized carbons (Fsp3) is 0.438. The number of methoxy groups -OCH3 is 1. The molecule has 0 saturated heterocycles. The molecule has 0 atom stereocenters. The Kier molecular flexibility index (Phi) is 6.15. The number of hydrogen-bond donors (Lipinski definition) is 0. The van der Waals surface area contributed by atoms with E-state index in [1.54, 1.807) is 25.6 Å². The van der Waals surface area contributed by atoms with Crippen LogP contribution in [0.1, 0.15) is 28.2 Å². The Bertz CT molecular complexity index is 626.